The summed E-state index contributed by atoms with van der Waals surface area (Å²) < 4.78 is 0. The number of nitrogens with one attached hydrogen (secondary N) is 1. The van der Waals surface area contributed by atoms with Gasteiger partial charge in [0.15, 0.2) is 5.13 Å². The van der Waals surface area contributed by atoms with Crippen LogP contribution in [0.15, 0.2) is 5.38 Å². The lowest BCUT2D eigenvalue weighted by atomic mass is 10.00. The molecule has 2 saturated heterocycles. The molecule has 1 aliphatic carbocycles. The van der Waals surface area contributed by atoms with Crippen LogP contribution in [0.25, 0.3) is 0 Å². The topological polar surface area (TPSA) is 82.5 Å². The van der Waals surface area contributed by atoms with Crippen LogP contribution in [-0.4, -0.2) is 45.0 Å². The van der Waals surface area contributed by atoms with Gasteiger partial charge in [-0.15, -0.1) is 11.3 Å². The molecular formula is C15H19N3O3S. The van der Waals surface area contributed by atoms with E-state index in [1.165, 1.54) is 11.3 Å². The Morgan fingerprint density at radius 3 is 2.55 bits per heavy atom. The summed E-state index contributed by atoms with van der Waals surface area (Å²) in [5, 5.41) is 14.9. The molecule has 0 aromatic carbocycles. The van der Waals surface area contributed by atoms with Crippen LogP contribution in [0.3, 0.4) is 0 Å². The fourth-order valence-electron chi connectivity index (χ4n) is 3.66. The molecule has 0 radical (unpaired) electrons. The van der Waals surface area contributed by atoms with E-state index < -0.39 is 11.8 Å². The number of rotatable bonds is 2. The summed E-state index contributed by atoms with van der Waals surface area (Å²) >= 11 is 1.37. The van der Waals surface area contributed by atoms with Crippen LogP contribution in [0.2, 0.25) is 0 Å². The third kappa shape index (κ3) is 2.52. The molecular weight excluding hydrogens is 302 g/mol. The molecule has 118 valence electrons. The highest BCUT2D eigenvalue weighted by molar-refractivity contribution is 7.14. The second kappa shape index (κ2) is 5.31. The van der Waals surface area contributed by atoms with Crippen molar-refractivity contribution < 1.29 is 14.7 Å². The minimum atomic E-state index is -0.606. The first-order valence-corrected chi connectivity index (χ1v) is 8.77. The van der Waals surface area contributed by atoms with E-state index in [0.29, 0.717) is 23.9 Å². The average Bonchev–Trinajstić information content (AvgIpc) is 3.17. The zero-order valence-corrected chi connectivity index (χ0v) is 13.0. The summed E-state index contributed by atoms with van der Waals surface area (Å²) in [6, 6.07) is 0.00985. The van der Waals surface area contributed by atoms with Crippen molar-refractivity contribution in [3.05, 3.63) is 11.1 Å². The first-order valence-electron chi connectivity index (χ1n) is 7.89. The molecule has 6 nitrogen and oxygen atoms in total. The van der Waals surface area contributed by atoms with Gasteiger partial charge in [-0.3, -0.25) is 14.9 Å². The summed E-state index contributed by atoms with van der Waals surface area (Å²) in [6.45, 7) is 0. The van der Waals surface area contributed by atoms with Crippen molar-refractivity contribution in [3.63, 3.8) is 0 Å². The van der Waals surface area contributed by atoms with Crippen molar-refractivity contribution in [2.24, 2.45) is 0 Å². The Morgan fingerprint density at radius 2 is 1.91 bits per heavy atom. The number of aliphatic hydroxyl groups is 1. The Hall–Kier alpha value is -1.47. The number of hydrogen-bond donors (Lipinski definition) is 2. The number of aromatic nitrogens is 1. The summed E-state index contributed by atoms with van der Waals surface area (Å²) in [7, 11) is 0. The van der Waals surface area contributed by atoms with Crippen LogP contribution in [0.5, 0.6) is 0 Å². The zero-order valence-electron chi connectivity index (χ0n) is 12.2. The predicted octanol–water partition coefficient (Wildman–Crippen LogP) is 1.47. The standard InChI is InChI=1S/C15H19N3O3S/c19-11-5-9-3-4-10(6-11)18(9)14(21)13(20)17-15-16-12(7-22-15)8-1-2-8/h7-11,19H,1-6H2,(H,16,17,20)/t9-,10+,11?. The van der Waals surface area contributed by atoms with Gasteiger partial charge in [0.05, 0.1) is 11.8 Å². The molecule has 1 unspecified atom stereocenters. The summed E-state index contributed by atoms with van der Waals surface area (Å²) in [5.41, 5.74) is 1.02. The number of piperidine rings is 1. The van der Waals surface area contributed by atoms with E-state index in [1.54, 1.807) is 4.90 Å². The van der Waals surface area contributed by atoms with Gasteiger partial charge in [-0.1, -0.05) is 0 Å². The Bertz CT molecular complexity index is 599. The van der Waals surface area contributed by atoms with Crippen molar-refractivity contribution >= 4 is 28.3 Å². The number of aliphatic hydroxyl groups excluding tert-OH is 1. The monoisotopic (exact) mass is 321 g/mol. The quantitative estimate of drug-likeness (QED) is 0.808. The molecule has 3 fully saturated rings. The van der Waals surface area contributed by atoms with Gasteiger partial charge in [0.2, 0.25) is 0 Å². The van der Waals surface area contributed by atoms with E-state index in [4.69, 9.17) is 0 Å². The van der Waals surface area contributed by atoms with Gasteiger partial charge in [-0.2, -0.15) is 0 Å². The van der Waals surface area contributed by atoms with Crippen LogP contribution in [0.1, 0.15) is 50.1 Å². The highest BCUT2D eigenvalue weighted by atomic mass is 32.1. The van der Waals surface area contributed by atoms with Gasteiger partial charge < -0.3 is 10.0 Å². The van der Waals surface area contributed by atoms with E-state index in [-0.39, 0.29) is 18.2 Å². The third-order valence-electron chi connectivity index (χ3n) is 4.87. The normalized spacial score (nSPS) is 30.4. The van der Waals surface area contributed by atoms with E-state index in [0.717, 1.165) is 31.4 Å². The number of hydrogen-bond acceptors (Lipinski definition) is 5. The van der Waals surface area contributed by atoms with Crippen molar-refractivity contribution in [1.82, 2.24) is 9.88 Å². The number of amides is 2. The molecule has 2 aliphatic heterocycles. The molecule has 3 aliphatic rings. The largest absolute Gasteiger partial charge is 0.393 e. The van der Waals surface area contributed by atoms with Crippen LogP contribution in [0, 0.1) is 0 Å². The summed E-state index contributed by atoms with van der Waals surface area (Å²) in [5.74, 6) is -0.551. The number of carbonyl (C=O) groups excluding carboxylic acids is 2. The van der Waals surface area contributed by atoms with Gasteiger partial charge >= 0.3 is 11.8 Å². The molecule has 7 heteroatoms. The van der Waals surface area contributed by atoms with Crippen LogP contribution in [-0.2, 0) is 9.59 Å². The van der Waals surface area contributed by atoms with Gasteiger partial charge in [0, 0.05) is 23.4 Å². The fraction of sp³-hybridized carbons (Fsp3) is 0.667. The SMILES string of the molecule is O=C(Nc1nc(C2CC2)cs1)C(=O)N1[C@@H]2CC[C@H]1CC(O)C2. The highest BCUT2D eigenvalue weighted by Gasteiger charge is 2.44. The van der Waals surface area contributed by atoms with Crippen molar-refractivity contribution in [1.29, 1.82) is 0 Å². The van der Waals surface area contributed by atoms with Crippen LogP contribution >= 0.6 is 11.3 Å². The molecule has 1 aromatic heterocycles. The number of carbonyl (C=O) groups is 2. The first-order chi connectivity index (χ1) is 10.6. The van der Waals surface area contributed by atoms with E-state index in [1.807, 2.05) is 5.38 Å². The third-order valence-corrected chi connectivity index (χ3v) is 5.65. The Kier molecular flexibility index (Phi) is 3.41. The number of nitrogens with zero attached hydrogens (tertiary/aromatic N) is 2. The van der Waals surface area contributed by atoms with Crippen LogP contribution < -0.4 is 5.32 Å². The number of fused-ring (bicyclic) bond motifs is 2. The van der Waals surface area contributed by atoms with Gasteiger partial charge in [-0.25, -0.2) is 4.98 Å². The predicted molar refractivity (Wildman–Crippen MR) is 81.6 cm³/mol. The van der Waals surface area contributed by atoms with Crippen molar-refractivity contribution in [2.75, 3.05) is 5.32 Å². The number of anilines is 1. The molecule has 3 atom stereocenters. The van der Waals surface area contributed by atoms with Crippen LogP contribution in [0.4, 0.5) is 5.13 Å². The Balaban J connectivity index is 1.42. The minimum Gasteiger partial charge on any atom is -0.393 e. The molecule has 4 rings (SSSR count). The van der Waals surface area contributed by atoms with Gasteiger partial charge in [-0.05, 0) is 38.5 Å². The second-order valence-corrected chi connectivity index (χ2v) is 7.39. The van der Waals surface area contributed by atoms with Gasteiger partial charge in [0.25, 0.3) is 0 Å². The van der Waals surface area contributed by atoms with Gasteiger partial charge in [0.1, 0.15) is 0 Å². The Morgan fingerprint density at radius 1 is 1.23 bits per heavy atom. The lowest BCUT2D eigenvalue weighted by molar-refractivity contribution is -0.147. The average molecular weight is 321 g/mol. The van der Waals surface area contributed by atoms with Crippen molar-refractivity contribution in [2.45, 2.75) is 62.6 Å². The fourth-order valence-corrected chi connectivity index (χ4v) is 4.45. The molecule has 22 heavy (non-hydrogen) atoms. The molecule has 0 spiro atoms. The lowest BCUT2D eigenvalue weighted by Crippen LogP contribution is -2.51. The number of thiazole rings is 1. The molecule has 2 N–H and O–H groups in total. The lowest BCUT2D eigenvalue weighted by Gasteiger charge is -2.36. The molecule has 2 bridgehead atoms. The maximum absolute atomic E-state index is 12.4. The minimum absolute atomic E-state index is 0.00493. The smallest absolute Gasteiger partial charge is 0.315 e. The van der Waals surface area contributed by atoms with E-state index in [9.17, 15) is 14.7 Å². The molecule has 1 aromatic rings. The summed E-state index contributed by atoms with van der Waals surface area (Å²) in [4.78, 5) is 30.7. The molecule has 2 amide bonds. The Labute approximate surface area is 132 Å². The zero-order chi connectivity index (χ0) is 15.3. The maximum atomic E-state index is 12.4. The first kappa shape index (κ1) is 14.1. The van der Waals surface area contributed by atoms with E-state index in [2.05, 4.69) is 10.3 Å². The molecule has 3 heterocycles. The second-order valence-electron chi connectivity index (χ2n) is 6.53. The van der Waals surface area contributed by atoms with Crippen molar-refractivity contribution in [3.8, 4) is 0 Å². The van der Waals surface area contributed by atoms with E-state index >= 15 is 0 Å². The summed E-state index contributed by atoms with van der Waals surface area (Å²) in [6.07, 6.45) is 4.90. The highest BCUT2D eigenvalue weighted by Crippen LogP contribution is 2.41. The maximum Gasteiger partial charge on any atom is 0.315 e. The molecule has 1 saturated carbocycles.